The number of halogens is 2. The van der Waals surface area contributed by atoms with Crippen LogP contribution in [-0.2, 0) is 9.59 Å². The third-order valence-corrected chi connectivity index (χ3v) is 4.06. The largest absolute Gasteiger partial charge is 0.503 e. The summed E-state index contributed by atoms with van der Waals surface area (Å²) in [4.78, 5) is 23.6. The second-order valence-corrected chi connectivity index (χ2v) is 6.60. The highest BCUT2D eigenvalue weighted by Crippen LogP contribution is 2.35. The Balaban J connectivity index is 1.89. The zero-order valence-electron chi connectivity index (χ0n) is 14.3. The fourth-order valence-corrected chi connectivity index (χ4v) is 2.62. The van der Waals surface area contributed by atoms with E-state index in [0.717, 1.165) is 0 Å². The first kappa shape index (κ1) is 20.7. The molecular weight excluding hydrogens is 438 g/mol. The molecule has 7 nitrogen and oxygen atoms in total. The number of carbonyl (C=O) groups excluding carboxylic acids is 2. The summed E-state index contributed by atoms with van der Waals surface area (Å²) in [5.41, 5.74) is 3.40. The molecule has 2 aromatic carbocycles. The standard InChI is InChI=1S/C18H17BrClN3O4/c1-2-27-15-8-11(7-14(19)18(15)26)10-21-23-17(25)9-16(24)22-13-5-3-12(20)4-6-13/h3-8,10,26H,2,9H2,1H3,(H,22,24)(H,23,25). The lowest BCUT2D eigenvalue weighted by molar-refractivity contribution is -0.126. The molecule has 2 rings (SSSR count). The van der Waals surface area contributed by atoms with Crippen LogP contribution >= 0.6 is 27.5 Å². The summed E-state index contributed by atoms with van der Waals surface area (Å²) >= 11 is 8.98. The van der Waals surface area contributed by atoms with Gasteiger partial charge in [-0.1, -0.05) is 11.6 Å². The molecule has 2 amide bonds. The van der Waals surface area contributed by atoms with Crippen molar-refractivity contribution in [1.29, 1.82) is 0 Å². The maximum atomic E-state index is 11.8. The molecule has 0 saturated carbocycles. The highest BCUT2D eigenvalue weighted by molar-refractivity contribution is 9.10. The van der Waals surface area contributed by atoms with Crippen molar-refractivity contribution < 1.29 is 19.4 Å². The fourth-order valence-electron chi connectivity index (χ4n) is 2.04. The fraction of sp³-hybridized carbons (Fsp3) is 0.167. The summed E-state index contributed by atoms with van der Waals surface area (Å²) in [7, 11) is 0. The van der Waals surface area contributed by atoms with Gasteiger partial charge in [-0.25, -0.2) is 5.43 Å². The molecule has 0 unspecified atom stereocenters. The van der Waals surface area contributed by atoms with Gasteiger partial charge in [-0.15, -0.1) is 0 Å². The van der Waals surface area contributed by atoms with Gasteiger partial charge in [0.2, 0.25) is 11.8 Å². The molecule has 0 spiro atoms. The third-order valence-electron chi connectivity index (χ3n) is 3.20. The first-order valence-electron chi connectivity index (χ1n) is 7.91. The minimum Gasteiger partial charge on any atom is -0.503 e. The number of anilines is 1. The van der Waals surface area contributed by atoms with Crippen LogP contribution in [0.15, 0.2) is 46.0 Å². The molecule has 0 atom stereocenters. The lowest BCUT2D eigenvalue weighted by Gasteiger charge is -2.08. The number of hydrogen-bond donors (Lipinski definition) is 3. The van der Waals surface area contributed by atoms with Crippen molar-refractivity contribution in [2.45, 2.75) is 13.3 Å². The van der Waals surface area contributed by atoms with E-state index in [0.29, 0.717) is 33.1 Å². The van der Waals surface area contributed by atoms with Gasteiger partial charge >= 0.3 is 0 Å². The van der Waals surface area contributed by atoms with Crippen molar-refractivity contribution in [2.75, 3.05) is 11.9 Å². The Morgan fingerprint density at radius 3 is 2.63 bits per heavy atom. The maximum Gasteiger partial charge on any atom is 0.249 e. The van der Waals surface area contributed by atoms with E-state index in [1.165, 1.54) is 6.21 Å². The van der Waals surface area contributed by atoms with E-state index < -0.39 is 11.8 Å². The zero-order chi connectivity index (χ0) is 19.8. The van der Waals surface area contributed by atoms with E-state index in [1.807, 2.05) is 0 Å². The number of carbonyl (C=O) groups is 2. The lowest BCUT2D eigenvalue weighted by atomic mass is 10.2. The van der Waals surface area contributed by atoms with Crippen LogP contribution in [0.3, 0.4) is 0 Å². The van der Waals surface area contributed by atoms with Crippen LogP contribution in [0.2, 0.25) is 5.02 Å². The highest BCUT2D eigenvalue weighted by atomic mass is 79.9. The molecule has 0 aromatic heterocycles. The first-order valence-corrected chi connectivity index (χ1v) is 9.08. The molecule has 0 saturated heterocycles. The van der Waals surface area contributed by atoms with Crippen molar-refractivity contribution in [3.05, 3.63) is 51.5 Å². The highest BCUT2D eigenvalue weighted by Gasteiger charge is 2.10. The van der Waals surface area contributed by atoms with Crippen molar-refractivity contribution >= 4 is 51.2 Å². The number of nitrogens with zero attached hydrogens (tertiary/aromatic N) is 1. The summed E-state index contributed by atoms with van der Waals surface area (Å²) in [6.45, 7) is 2.18. The van der Waals surface area contributed by atoms with Gasteiger partial charge < -0.3 is 15.2 Å². The molecule has 27 heavy (non-hydrogen) atoms. The molecule has 3 N–H and O–H groups in total. The number of nitrogens with one attached hydrogen (secondary N) is 2. The summed E-state index contributed by atoms with van der Waals surface area (Å²) < 4.78 is 5.75. The molecule has 0 bridgehead atoms. The van der Waals surface area contributed by atoms with Gasteiger partial charge in [0.25, 0.3) is 0 Å². The number of hydrogen-bond acceptors (Lipinski definition) is 5. The molecule has 0 fully saturated rings. The van der Waals surface area contributed by atoms with Gasteiger partial charge in [0.05, 0.1) is 17.3 Å². The Kier molecular flexibility index (Phi) is 7.63. The topological polar surface area (TPSA) is 100 Å². The van der Waals surface area contributed by atoms with E-state index in [9.17, 15) is 14.7 Å². The van der Waals surface area contributed by atoms with Gasteiger partial charge in [0.1, 0.15) is 6.42 Å². The molecule has 0 aliphatic rings. The van der Waals surface area contributed by atoms with E-state index in [4.69, 9.17) is 16.3 Å². The van der Waals surface area contributed by atoms with Crippen LogP contribution in [0.5, 0.6) is 11.5 Å². The molecule has 9 heteroatoms. The molecule has 142 valence electrons. The van der Waals surface area contributed by atoms with Gasteiger partial charge in [0, 0.05) is 10.7 Å². The number of benzene rings is 2. The van der Waals surface area contributed by atoms with Crippen LogP contribution < -0.4 is 15.5 Å². The third kappa shape index (κ3) is 6.58. The smallest absolute Gasteiger partial charge is 0.249 e. The van der Waals surface area contributed by atoms with E-state index in [2.05, 4.69) is 31.8 Å². The lowest BCUT2D eigenvalue weighted by Crippen LogP contribution is -2.24. The molecule has 0 heterocycles. The Morgan fingerprint density at radius 1 is 1.26 bits per heavy atom. The normalized spacial score (nSPS) is 10.6. The van der Waals surface area contributed by atoms with Crippen molar-refractivity contribution in [2.24, 2.45) is 5.10 Å². The number of aromatic hydroxyl groups is 1. The first-order chi connectivity index (χ1) is 12.9. The minimum absolute atomic E-state index is 0.0168. The van der Waals surface area contributed by atoms with E-state index >= 15 is 0 Å². The van der Waals surface area contributed by atoms with Gasteiger partial charge in [-0.2, -0.15) is 5.10 Å². The number of hydrazone groups is 1. The second-order valence-electron chi connectivity index (χ2n) is 5.31. The second kappa shape index (κ2) is 9.94. The van der Waals surface area contributed by atoms with Crippen LogP contribution in [0, 0.1) is 0 Å². The summed E-state index contributed by atoms with van der Waals surface area (Å²) in [6.07, 6.45) is 0.991. The summed E-state index contributed by atoms with van der Waals surface area (Å²) in [6, 6.07) is 9.72. The Hall–Kier alpha value is -2.58. The average Bonchev–Trinajstić information content (AvgIpc) is 2.61. The average molecular weight is 455 g/mol. The Labute approximate surface area is 169 Å². The maximum absolute atomic E-state index is 11.8. The Morgan fingerprint density at radius 2 is 1.96 bits per heavy atom. The van der Waals surface area contributed by atoms with Gasteiger partial charge in [-0.05, 0) is 64.8 Å². The summed E-state index contributed by atoms with van der Waals surface area (Å²) in [5.74, 6) is -0.768. The monoisotopic (exact) mass is 453 g/mol. The van der Waals surface area contributed by atoms with Crippen LogP contribution in [0.4, 0.5) is 5.69 Å². The van der Waals surface area contributed by atoms with Crippen molar-refractivity contribution in [3.63, 3.8) is 0 Å². The molecule has 0 aliphatic heterocycles. The van der Waals surface area contributed by atoms with E-state index in [1.54, 1.807) is 43.3 Å². The van der Waals surface area contributed by atoms with Crippen molar-refractivity contribution in [1.82, 2.24) is 5.43 Å². The SMILES string of the molecule is CCOc1cc(C=NNC(=O)CC(=O)Nc2ccc(Cl)cc2)cc(Br)c1O. The molecule has 2 aromatic rings. The minimum atomic E-state index is -0.569. The van der Waals surface area contributed by atoms with Crippen LogP contribution in [0.25, 0.3) is 0 Å². The number of amides is 2. The predicted octanol–water partition coefficient (Wildman–Crippen LogP) is 3.69. The van der Waals surface area contributed by atoms with Crippen LogP contribution in [0.1, 0.15) is 18.9 Å². The van der Waals surface area contributed by atoms with Crippen LogP contribution in [-0.4, -0.2) is 29.7 Å². The quantitative estimate of drug-likeness (QED) is 0.337. The predicted molar refractivity (Wildman–Crippen MR) is 107 cm³/mol. The zero-order valence-corrected chi connectivity index (χ0v) is 16.7. The summed E-state index contributed by atoms with van der Waals surface area (Å²) in [5, 5.41) is 16.8. The Bertz CT molecular complexity index is 856. The molecular formula is C18H17BrClN3O4. The molecule has 0 radical (unpaired) electrons. The van der Waals surface area contributed by atoms with Crippen molar-refractivity contribution in [3.8, 4) is 11.5 Å². The molecule has 0 aliphatic carbocycles. The van der Waals surface area contributed by atoms with E-state index in [-0.39, 0.29) is 12.2 Å². The number of phenolic OH excluding ortho intramolecular Hbond substituents is 1. The van der Waals surface area contributed by atoms with Gasteiger partial charge in [-0.3, -0.25) is 9.59 Å². The number of rotatable bonds is 7. The number of phenols is 1. The number of ether oxygens (including phenoxy) is 1. The van der Waals surface area contributed by atoms with Gasteiger partial charge in [0.15, 0.2) is 11.5 Å².